The zero-order valence-electron chi connectivity index (χ0n) is 16.8. The van der Waals surface area contributed by atoms with Crippen molar-refractivity contribution in [3.05, 3.63) is 83.4 Å². The quantitative estimate of drug-likeness (QED) is 0.534. The van der Waals surface area contributed by atoms with Crippen LogP contribution in [0.5, 0.6) is 11.5 Å². The highest BCUT2D eigenvalue weighted by molar-refractivity contribution is 6.09. The number of rotatable bonds is 7. The number of benzene rings is 3. The smallest absolute Gasteiger partial charge is 0.335 e. The third kappa shape index (κ3) is 4.99. The minimum Gasteiger partial charge on any atom is -0.496 e. The van der Waals surface area contributed by atoms with Gasteiger partial charge in [-0.2, -0.15) is 0 Å². The number of nitrogens with one attached hydrogen (secondary N) is 2. The number of hydrogen-bond donors (Lipinski definition) is 3. The lowest BCUT2D eigenvalue weighted by molar-refractivity contribution is 0.0696. The van der Waals surface area contributed by atoms with Crippen LogP contribution in [0.25, 0.3) is 0 Å². The monoisotopic (exact) mass is 420 g/mol. The molecule has 3 rings (SSSR count). The summed E-state index contributed by atoms with van der Waals surface area (Å²) in [5.74, 6) is -1.43. The van der Waals surface area contributed by atoms with Gasteiger partial charge < -0.3 is 25.2 Å². The molecule has 31 heavy (non-hydrogen) atoms. The Morgan fingerprint density at radius 1 is 0.710 bits per heavy atom. The van der Waals surface area contributed by atoms with Crippen LogP contribution in [0.4, 0.5) is 11.4 Å². The first-order valence-corrected chi connectivity index (χ1v) is 9.20. The summed E-state index contributed by atoms with van der Waals surface area (Å²) in [7, 11) is 2.89. The Labute approximate surface area is 178 Å². The molecule has 0 heterocycles. The van der Waals surface area contributed by atoms with Crippen molar-refractivity contribution in [3.63, 3.8) is 0 Å². The van der Waals surface area contributed by atoms with Crippen LogP contribution in [0.15, 0.2) is 66.7 Å². The Bertz CT molecular complexity index is 1060. The molecule has 0 aliphatic carbocycles. The van der Waals surface area contributed by atoms with Gasteiger partial charge in [0.25, 0.3) is 11.8 Å². The third-order valence-corrected chi connectivity index (χ3v) is 4.40. The molecule has 0 unspecified atom stereocenters. The molecule has 3 aromatic carbocycles. The van der Waals surface area contributed by atoms with Gasteiger partial charge in [-0.15, -0.1) is 0 Å². The van der Waals surface area contributed by atoms with E-state index in [0.29, 0.717) is 11.5 Å². The second-order valence-corrected chi connectivity index (χ2v) is 6.41. The maximum absolute atomic E-state index is 12.7. The number of methoxy groups -OCH3 is 2. The summed E-state index contributed by atoms with van der Waals surface area (Å²) in [6, 6.07) is 17.3. The van der Waals surface area contributed by atoms with E-state index in [1.165, 1.54) is 32.4 Å². The molecule has 0 aliphatic rings. The Hall–Kier alpha value is -4.33. The van der Waals surface area contributed by atoms with E-state index in [-0.39, 0.29) is 28.1 Å². The number of ether oxygens (including phenoxy) is 2. The standard InChI is InChI=1S/C23H20N2O6/c1-30-19-9-5-3-7-17(19)21(26)24-15-11-14(23(28)29)12-16(13-15)25-22(27)18-8-4-6-10-20(18)31-2/h3-13H,1-2H3,(H,24,26)(H,25,27)(H,28,29). The summed E-state index contributed by atoms with van der Waals surface area (Å²) in [5, 5.41) is 14.7. The topological polar surface area (TPSA) is 114 Å². The van der Waals surface area contributed by atoms with Gasteiger partial charge in [0.05, 0.1) is 30.9 Å². The maximum atomic E-state index is 12.7. The summed E-state index contributed by atoms with van der Waals surface area (Å²) >= 11 is 0. The molecule has 0 fully saturated rings. The average molecular weight is 420 g/mol. The zero-order chi connectivity index (χ0) is 22.4. The molecule has 0 spiro atoms. The van der Waals surface area contributed by atoms with Gasteiger partial charge in [-0.3, -0.25) is 9.59 Å². The number of hydrogen-bond acceptors (Lipinski definition) is 5. The van der Waals surface area contributed by atoms with Crippen molar-refractivity contribution in [2.75, 3.05) is 24.9 Å². The van der Waals surface area contributed by atoms with Crippen molar-refractivity contribution in [2.24, 2.45) is 0 Å². The van der Waals surface area contributed by atoms with Crippen LogP contribution in [-0.4, -0.2) is 37.1 Å². The van der Waals surface area contributed by atoms with Crippen molar-refractivity contribution in [2.45, 2.75) is 0 Å². The summed E-state index contributed by atoms with van der Waals surface area (Å²) in [6.45, 7) is 0. The Morgan fingerprint density at radius 2 is 1.13 bits per heavy atom. The van der Waals surface area contributed by atoms with Gasteiger partial charge in [0.1, 0.15) is 11.5 Å². The lowest BCUT2D eigenvalue weighted by atomic mass is 10.1. The van der Waals surface area contributed by atoms with E-state index >= 15 is 0 Å². The first-order valence-electron chi connectivity index (χ1n) is 9.20. The highest BCUT2D eigenvalue weighted by atomic mass is 16.5. The number of carboxylic acids is 1. The van der Waals surface area contributed by atoms with Gasteiger partial charge in [0.2, 0.25) is 0 Å². The fraction of sp³-hybridized carbons (Fsp3) is 0.0870. The molecule has 3 N–H and O–H groups in total. The van der Waals surface area contributed by atoms with E-state index in [1.54, 1.807) is 48.5 Å². The molecule has 0 saturated carbocycles. The number of amides is 2. The van der Waals surface area contributed by atoms with E-state index in [0.717, 1.165) is 0 Å². The largest absolute Gasteiger partial charge is 0.496 e. The SMILES string of the molecule is COc1ccccc1C(=O)Nc1cc(NC(=O)c2ccccc2OC)cc(C(=O)O)c1. The molecule has 0 bridgehead atoms. The van der Waals surface area contributed by atoms with Crippen LogP contribution >= 0.6 is 0 Å². The molecular weight excluding hydrogens is 400 g/mol. The number of anilines is 2. The second kappa shape index (κ2) is 9.45. The molecule has 0 aliphatic heterocycles. The molecule has 0 radical (unpaired) electrons. The maximum Gasteiger partial charge on any atom is 0.335 e. The van der Waals surface area contributed by atoms with E-state index in [4.69, 9.17) is 9.47 Å². The van der Waals surface area contributed by atoms with E-state index < -0.39 is 17.8 Å². The minimum atomic E-state index is -1.21. The highest BCUT2D eigenvalue weighted by Crippen LogP contribution is 2.24. The van der Waals surface area contributed by atoms with E-state index in [1.807, 2.05) is 0 Å². The molecule has 0 aromatic heterocycles. The molecule has 158 valence electrons. The molecule has 2 amide bonds. The highest BCUT2D eigenvalue weighted by Gasteiger charge is 2.16. The van der Waals surface area contributed by atoms with Crippen molar-refractivity contribution in [1.29, 1.82) is 0 Å². The summed E-state index contributed by atoms with van der Waals surface area (Å²) in [6.07, 6.45) is 0. The van der Waals surface area contributed by atoms with Crippen LogP contribution in [0.2, 0.25) is 0 Å². The molecule has 8 nitrogen and oxygen atoms in total. The predicted molar refractivity (Wildman–Crippen MR) is 115 cm³/mol. The summed E-state index contributed by atoms with van der Waals surface area (Å²) in [5.41, 5.74) is 0.862. The lowest BCUT2D eigenvalue weighted by Crippen LogP contribution is -2.16. The predicted octanol–water partition coefficient (Wildman–Crippen LogP) is 3.91. The van der Waals surface area contributed by atoms with Gasteiger partial charge in [0.15, 0.2) is 0 Å². The van der Waals surface area contributed by atoms with Gasteiger partial charge in [-0.1, -0.05) is 24.3 Å². The number of carboxylic acid groups (broad SMARTS) is 1. The van der Waals surface area contributed by atoms with E-state index in [9.17, 15) is 19.5 Å². The fourth-order valence-corrected chi connectivity index (χ4v) is 2.96. The molecule has 8 heteroatoms. The molecule has 0 atom stereocenters. The van der Waals surface area contributed by atoms with Crippen molar-refractivity contribution >= 4 is 29.2 Å². The van der Waals surface area contributed by atoms with Crippen LogP contribution in [-0.2, 0) is 0 Å². The second-order valence-electron chi connectivity index (χ2n) is 6.41. The number of aromatic carboxylic acids is 1. The Morgan fingerprint density at radius 3 is 1.52 bits per heavy atom. The van der Waals surface area contributed by atoms with E-state index in [2.05, 4.69) is 10.6 Å². The van der Waals surface area contributed by atoms with Gasteiger partial charge in [0, 0.05) is 11.4 Å². The summed E-state index contributed by atoms with van der Waals surface area (Å²) < 4.78 is 10.4. The normalized spacial score (nSPS) is 10.1. The van der Waals surface area contributed by atoms with Gasteiger partial charge in [-0.25, -0.2) is 4.79 Å². The fourth-order valence-electron chi connectivity index (χ4n) is 2.96. The lowest BCUT2D eigenvalue weighted by Gasteiger charge is -2.13. The average Bonchev–Trinajstić information content (AvgIpc) is 2.78. The number of carbonyl (C=O) groups is 3. The van der Waals surface area contributed by atoms with Crippen molar-refractivity contribution in [3.8, 4) is 11.5 Å². The first-order chi connectivity index (χ1) is 14.9. The number of carbonyl (C=O) groups excluding carboxylic acids is 2. The van der Waals surface area contributed by atoms with Crippen LogP contribution in [0.3, 0.4) is 0 Å². The summed E-state index contributed by atoms with van der Waals surface area (Å²) in [4.78, 5) is 36.9. The molecule has 0 saturated heterocycles. The Kier molecular flexibility index (Phi) is 6.51. The minimum absolute atomic E-state index is 0.104. The molecule has 3 aromatic rings. The van der Waals surface area contributed by atoms with Crippen molar-refractivity contribution in [1.82, 2.24) is 0 Å². The first kappa shape index (κ1) is 21.4. The third-order valence-electron chi connectivity index (χ3n) is 4.40. The van der Waals surface area contributed by atoms with Crippen LogP contribution < -0.4 is 20.1 Å². The van der Waals surface area contributed by atoms with Crippen LogP contribution in [0, 0.1) is 0 Å². The zero-order valence-corrected chi connectivity index (χ0v) is 16.8. The molecular formula is C23H20N2O6. The van der Waals surface area contributed by atoms with Crippen LogP contribution in [0.1, 0.15) is 31.1 Å². The Balaban J connectivity index is 1.90. The van der Waals surface area contributed by atoms with Crippen molar-refractivity contribution < 1.29 is 29.0 Å². The van der Waals surface area contributed by atoms with Gasteiger partial charge in [-0.05, 0) is 42.5 Å². The number of para-hydroxylation sites is 2. The van der Waals surface area contributed by atoms with Gasteiger partial charge >= 0.3 is 5.97 Å².